The number of nitrogens with zero attached hydrogens (tertiary/aromatic N) is 3. The van der Waals surface area contributed by atoms with Crippen molar-refractivity contribution < 1.29 is 14.0 Å². The Hall–Kier alpha value is -4.18. The predicted molar refractivity (Wildman–Crippen MR) is 120 cm³/mol. The number of para-hydroxylation sites is 2. The van der Waals surface area contributed by atoms with Gasteiger partial charge < -0.3 is 10.2 Å². The van der Waals surface area contributed by atoms with Crippen LogP contribution >= 0.6 is 0 Å². The topological polar surface area (TPSA) is 76.4 Å². The number of carbonyl (C=O) groups excluding carboxylic acids is 2. The summed E-state index contributed by atoms with van der Waals surface area (Å²) in [6.45, 7) is 1.50. The van der Waals surface area contributed by atoms with Crippen molar-refractivity contribution in [1.82, 2.24) is 4.90 Å². The number of urea groups is 1. The van der Waals surface area contributed by atoms with Crippen LogP contribution in [0.2, 0.25) is 0 Å². The zero-order valence-electron chi connectivity index (χ0n) is 17.3. The van der Waals surface area contributed by atoms with Crippen LogP contribution in [0.4, 0.5) is 20.6 Å². The minimum absolute atomic E-state index is 0.172. The first-order valence-corrected chi connectivity index (χ1v) is 10.3. The second-order valence-corrected chi connectivity index (χ2v) is 7.50. The molecule has 0 aliphatic carbocycles. The van der Waals surface area contributed by atoms with Crippen molar-refractivity contribution in [2.24, 2.45) is 0 Å². The van der Waals surface area contributed by atoms with Crippen LogP contribution in [0, 0.1) is 17.1 Å². The third kappa shape index (κ3) is 4.60. The summed E-state index contributed by atoms with van der Waals surface area (Å²) < 4.78 is 13.2. The van der Waals surface area contributed by atoms with E-state index in [9.17, 15) is 14.0 Å². The number of amides is 3. The minimum atomic E-state index is -0.359. The molecule has 1 aliphatic heterocycles. The molecular formula is C25H21FN4O2. The molecule has 160 valence electrons. The first-order chi connectivity index (χ1) is 15.5. The van der Waals surface area contributed by atoms with Gasteiger partial charge in [-0.1, -0.05) is 30.3 Å². The summed E-state index contributed by atoms with van der Waals surface area (Å²) in [4.78, 5) is 29.3. The van der Waals surface area contributed by atoms with Gasteiger partial charge in [0.2, 0.25) is 0 Å². The lowest BCUT2D eigenvalue weighted by molar-refractivity contribution is 0.102. The molecule has 32 heavy (non-hydrogen) atoms. The highest BCUT2D eigenvalue weighted by atomic mass is 19.1. The van der Waals surface area contributed by atoms with Crippen LogP contribution in [-0.2, 0) is 6.54 Å². The number of anilines is 2. The molecule has 0 aromatic heterocycles. The first kappa shape index (κ1) is 21.1. The summed E-state index contributed by atoms with van der Waals surface area (Å²) in [6, 6.07) is 21.5. The molecular weight excluding hydrogens is 407 g/mol. The van der Waals surface area contributed by atoms with Crippen molar-refractivity contribution in [3.8, 4) is 6.07 Å². The summed E-state index contributed by atoms with van der Waals surface area (Å²) in [5.41, 5.74) is 2.72. The Balaban J connectivity index is 1.54. The summed E-state index contributed by atoms with van der Waals surface area (Å²) in [6.07, 6.45) is 0.763. The molecule has 7 heteroatoms. The number of benzene rings is 3. The van der Waals surface area contributed by atoms with Gasteiger partial charge in [0.1, 0.15) is 5.82 Å². The van der Waals surface area contributed by atoms with E-state index in [1.807, 2.05) is 12.1 Å². The average Bonchev–Trinajstić information content (AvgIpc) is 2.82. The van der Waals surface area contributed by atoms with E-state index in [-0.39, 0.29) is 17.8 Å². The highest BCUT2D eigenvalue weighted by molar-refractivity contribution is 6.07. The zero-order valence-corrected chi connectivity index (χ0v) is 17.3. The Morgan fingerprint density at radius 2 is 1.81 bits per heavy atom. The fraction of sp³-hybridized carbons (Fsp3) is 0.160. The van der Waals surface area contributed by atoms with Crippen molar-refractivity contribution in [3.05, 3.63) is 95.3 Å². The van der Waals surface area contributed by atoms with Crippen molar-refractivity contribution in [2.45, 2.75) is 13.0 Å². The number of rotatable bonds is 5. The Kier molecular flexibility index (Phi) is 6.13. The monoisotopic (exact) mass is 428 g/mol. The first-order valence-electron chi connectivity index (χ1n) is 10.3. The van der Waals surface area contributed by atoms with Gasteiger partial charge in [-0.2, -0.15) is 5.26 Å². The van der Waals surface area contributed by atoms with E-state index in [0.29, 0.717) is 42.1 Å². The summed E-state index contributed by atoms with van der Waals surface area (Å²) in [7, 11) is 0. The third-order valence-electron chi connectivity index (χ3n) is 5.29. The van der Waals surface area contributed by atoms with Crippen molar-refractivity contribution in [1.29, 1.82) is 5.26 Å². The fourth-order valence-corrected chi connectivity index (χ4v) is 3.70. The number of halogens is 1. The van der Waals surface area contributed by atoms with Crippen LogP contribution < -0.4 is 10.2 Å². The van der Waals surface area contributed by atoms with Crippen LogP contribution in [0.15, 0.2) is 72.8 Å². The number of nitrogens with one attached hydrogen (secondary N) is 1. The van der Waals surface area contributed by atoms with E-state index in [2.05, 4.69) is 5.32 Å². The van der Waals surface area contributed by atoms with Crippen LogP contribution in [0.3, 0.4) is 0 Å². The highest BCUT2D eigenvalue weighted by Crippen LogP contribution is 2.29. The molecule has 3 aromatic carbocycles. The van der Waals surface area contributed by atoms with E-state index >= 15 is 0 Å². The van der Waals surface area contributed by atoms with Crippen molar-refractivity contribution in [2.75, 3.05) is 23.3 Å². The lowest BCUT2D eigenvalue weighted by Crippen LogP contribution is -2.49. The second-order valence-electron chi connectivity index (χ2n) is 7.50. The van der Waals surface area contributed by atoms with Gasteiger partial charge >= 0.3 is 6.03 Å². The Labute approximate surface area is 185 Å². The Bertz CT molecular complexity index is 1190. The smallest absolute Gasteiger partial charge is 0.320 e. The van der Waals surface area contributed by atoms with Gasteiger partial charge in [0.05, 0.1) is 23.0 Å². The maximum absolute atomic E-state index is 13.2. The molecule has 0 radical (unpaired) electrons. The van der Waals surface area contributed by atoms with Gasteiger partial charge in [-0.05, 0) is 54.4 Å². The van der Waals surface area contributed by atoms with Gasteiger partial charge in [0.15, 0.2) is 0 Å². The lowest BCUT2D eigenvalue weighted by atomic mass is 10.1. The maximum atomic E-state index is 13.2. The van der Waals surface area contributed by atoms with Gasteiger partial charge in [-0.25, -0.2) is 9.18 Å². The molecule has 0 atom stereocenters. The number of nitriles is 1. The molecule has 0 saturated carbocycles. The number of hydrogen-bond acceptors (Lipinski definition) is 3. The van der Waals surface area contributed by atoms with Crippen LogP contribution in [0.1, 0.15) is 27.9 Å². The van der Waals surface area contributed by atoms with E-state index < -0.39 is 0 Å². The van der Waals surface area contributed by atoms with E-state index in [1.54, 1.807) is 58.3 Å². The van der Waals surface area contributed by atoms with Crippen molar-refractivity contribution in [3.63, 3.8) is 0 Å². The fourth-order valence-electron chi connectivity index (χ4n) is 3.70. The SMILES string of the molecule is N#Cc1cccc(C(=O)Nc2ccccc2N2CCCN(Cc3ccc(F)cc3)C2=O)c1. The molecule has 3 aromatic rings. The molecule has 0 spiro atoms. The van der Waals surface area contributed by atoms with Gasteiger partial charge in [-0.15, -0.1) is 0 Å². The molecule has 0 unspecified atom stereocenters. The van der Waals surface area contributed by atoms with Crippen LogP contribution in [0.25, 0.3) is 0 Å². The van der Waals surface area contributed by atoms with Gasteiger partial charge in [0.25, 0.3) is 5.91 Å². The third-order valence-corrected chi connectivity index (χ3v) is 5.29. The van der Waals surface area contributed by atoms with Gasteiger partial charge in [0, 0.05) is 25.2 Å². The molecule has 1 N–H and O–H groups in total. The molecule has 3 amide bonds. The molecule has 6 nitrogen and oxygen atoms in total. The second kappa shape index (κ2) is 9.31. The maximum Gasteiger partial charge on any atom is 0.324 e. The largest absolute Gasteiger partial charge is 0.324 e. The molecule has 4 rings (SSSR count). The highest BCUT2D eigenvalue weighted by Gasteiger charge is 2.28. The quantitative estimate of drug-likeness (QED) is 0.635. The van der Waals surface area contributed by atoms with Gasteiger partial charge in [-0.3, -0.25) is 9.69 Å². The molecule has 1 fully saturated rings. The summed E-state index contributed by atoms with van der Waals surface area (Å²) in [5, 5.41) is 11.9. The normalized spacial score (nSPS) is 13.6. The van der Waals surface area contributed by atoms with E-state index in [0.717, 1.165) is 12.0 Å². The standard InChI is InChI=1S/C25H21FN4O2/c26-21-11-9-18(10-12-21)17-29-13-4-14-30(25(29)32)23-8-2-1-7-22(23)28-24(31)20-6-3-5-19(15-20)16-27/h1-3,5-12,15H,4,13-14,17H2,(H,28,31). The average molecular weight is 428 g/mol. The molecule has 1 heterocycles. The van der Waals surface area contributed by atoms with E-state index in [4.69, 9.17) is 5.26 Å². The minimum Gasteiger partial charge on any atom is -0.320 e. The molecule has 1 aliphatic rings. The van der Waals surface area contributed by atoms with E-state index in [1.165, 1.54) is 18.2 Å². The van der Waals surface area contributed by atoms with Crippen LogP contribution in [0.5, 0.6) is 0 Å². The summed E-state index contributed by atoms with van der Waals surface area (Å²) in [5.74, 6) is -0.674. The lowest BCUT2D eigenvalue weighted by Gasteiger charge is -2.36. The zero-order chi connectivity index (χ0) is 22.5. The molecule has 1 saturated heterocycles. The van der Waals surface area contributed by atoms with Crippen LogP contribution in [-0.4, -0.2) is 29.9 Å². The Morgan fingerprint density at radius 3 is 2.59 bits per heavy atom. The van der Waals surface area contributed by atoms with Crippen molar-refractivity contribution >= 4 is 23.3 Å². The molecule has 0 bridgehead atoms. The number of carbonyl (C=O) groups is 2. The predicted octanol–water partition coefficient (Wildman–Crippen LogP) is 4.78. The number of hydrogen-bond donors (Lipinski definition) is 1. The summed E-state index contributed by atoms with van der Waals surface area (Å²) >= 11 is 0. The Morgan fingerprint density at radius 1 is 1.03 bits per heavy atom.